The number of aryl methyl sites for hydroxylation is 3. The first kappa shape index (κ1) is 22.3. The van der Waals surface area contributed by atoms with E-state index in [1.54, 1.807) is 18.2 Å². The number of carbonyl (C=O) groups excluding carboxylic acids is 2. The molecule has 0 aliphatic rings. The molecule has 31 heavy (non-hydrogen) atoms. The van der Waals surface area contributed by atoms with Crippen molar-refractivity contribution in [3.8, 4) is 0 Å². The Kier molecular flexibility index (Phi) is 6.59. The fourth-order valence-corrected chi connectivity index (χ4v) is 3.39. The Bertz CT molecular complexity index is 1190. The molecule has 1 atom stereocenters. The Labute approximate surface area is 181 Å². The number of rotatable bonds is 6. The van der Waals surface area contributed by atoms with E-state index in [2.05, 4.69) is 5.32 Å². The van der Waals surface area contributed by atoms with Gasteiger partial charge in [0.25, 0.3) is 5.91 Å². The minimum absolute atomic E-state index is 0.0903. The number of nitrogens with one attached hydrogen (secondary N) is 1. The maximum atomic E-state index is 12.8. The molecule has 162 valence electrons. The second-order valence-electron chi connectivity index (χ2n) is 8.15. The summed E-state index contributed by atoms with van der Waals surface area (Å²) in [6.45, 7) is 9.29. The number of fused-ring (bicyclic) bond motifs is 1. The van der Waals surface area contributed by atoms with Crippen LogP contribution in [0.3, 0.4) is 0 Å². The number of benzene rings is 2. The van der Waals surface area contributed by atoms with Crippen molar-refractivity contribution in [2.45, 2.75) is 47.3 Å². The molecule has 0 aliphatic carbocycles. The third-order valence-electron chi connectivity index (χ3n) is 5.37. The standard InChI is InChI=1S/C25H27NO5/c1-14(2)22(26-24(28)18-8-6-7-15(3)11-18)25(29)30-13-19-12-21(27)31-23-17(5)16(4)9-10-20(19)23/h6-12,14,22H,13H2,1-5H3,(H,26,28)/t22-/m0/s1. The Morgan fingerprint density at radius 1 is 1.06 bits per heavy atom. The molecule has 1 N–H and O–H groups in total. The van der Waals surface area contributed by atoms with E-state index in [4.69, 9.17) is 9.15 Å². The van der Waals surface area contributed by atoms with Gasteiger partial charge in [-0.3, -0.25) is 4.79 Å². The molecule has 0 radical (unpaired) electrons. The van der Waals surface area contributed by atoms with Crippen LogP contribution in [0, 0.1) is 26.7 Å². The summed E-state index contributed by atoms with van der Waals surface area (Å²) in [5.74, 6) is -1.07. The summed E-state index contributed by atoms with van der Waals surface area (Å²) in [5.41, 5.74) is 3.87. The van der Waals surface area contributed by atoms with Crippen LogP contribution in [-0.2, 0) is 16.1 Å². The fraction of sp³-hybridized carbons (Fsp3) is 0.320. The third kappa shape index (κ3) is 5.02. The van der Waals surface area contributed by atoms with Gasteiger partial charge in [0.05, 0.1) is 0 Å². The molecule has 0 unspecified atom stereocenters. The van der Waals surface area contributed by atoms with E-state index in [1.807, 2.05) is 52.8 Å². The molecule has 0 bridgehead atoms. The van der Waals surface area contributed by atoms with Crippen LogP contribution in [0.4, 0.5) is 0 Å². The Hall–Kier alpha value is -3.41. The van der Waals surface area contributed by atoms with E-state index in [0.29, 0.717) is 16.7 Å². The molecule has 3 aromatic rings. The van der Waals surface area contributed by atoms with Gasteiger partial charge in [-0.15, -0.1) is 0 Å². The van der Waals surface area contributed by atoms with Crippen molar-refractivity contribution < 1.29 is 18.7 Å². The molecule has 1 amide bonds. The van der Waals surface area contributed by atoms with Gasteiger partial charge in [0.1, 0.15) is 18.2 Å². The molecule has 2 aromatic carbocycles. The second-order valence-corrected chi connectivity index (χ2v) is 8.15. The van der Waals surface area contributed by atoms with E-state index in [0.717, 1.165) is 22.1 Å². The zero-order valence-corrected chi connectivity index (χ0v) is 18.4. The highest BCUT2D eigenvalue weighted by molar-refractivity contribution is 5.97. The van der Waals surface area contributed by atoms with Crippen molar-refractivity contribution in [2.75, 3.05) is 0 Å². The molecule has 6 heteroatoms. The molecule has 0 saturated carbocycles. The highest BCUT2D eigenvalue weighted by Crippen LogP contribution is 2.24. The summed E-state index contributed by atoms with van der Waals surface area (Å²) in [4.78, 5) is 37.4. The SMILES string of the molecule is Cc1cccc(C(=O)N[C@H](C(=O)OCc2cc(=O)oc3c(C)c(C)ccc23)C(C)C)c1. The van der Waals surface area contributed by atoms with Crippen LogP contribution < -0.4 is 10.9 Å². The topological polar surface area (TPSA) is 85.6 Å². The molecule has 0 spiro atoms. The summed E-state index contributed by atoms with van der Waals surface area (Å²) < 4.78 is 10.9. The van der Waals surface area contributed by atoms with E-state index in [-0.39, 0.29) is 18.4 Å². The number of hydrogen-bond donors (Lipinski definition) is 1. The van der Waals surface area contributed by atoms with E-state index in [9.17, 15) is 14.4 Å². The molecule has 1 aromatic heterocycles. The number of ether oxygens (including phenoxy) is 1. The highest BCUT2D eigenvalue weighted by Gasteiger charge is 2.26. The first-order valence-corrected chi connectivity index (χ1v) is 10.2. The van der Waals surface area contributed by atoms with Crippen LogP contribution in [0.5, 0.6) is 0 Å². The van der Waals surface area contributed by atoms with Crippen molar-refractivity contribution in [3.63, 3.8) is 0 Å². The lowest BCUT2D eigenvalue weighted by Crippen LogP contribution is -2.45. The first-order valence-electron chi connectivity index (χ1n) is 10.2. The van der Waals surface area contributed by atoms with Gasteiger partial charge in [0.2, 0.25) is 0 Å². The second kappa shape index (κ2) is 9.16. The highest BCUT2D eigenvalue weighted by atomic mass is 16.5. The summed E-state index contributed by atoms with van der Waals surface area (Å²) in [6, 6.07) is 11.5. The molecule has 0 fully saturated rings. The van der Waals surface area contributed by atoms with E-state index in [1.165, 1.54) is 6.07 Å². The van der Waals surface area contributed by atoms with Gasteiger partial charge in [0.15, 0.2) is 0 Å². The van der Waals surface area contributed by atoms with Crippen molar-refractivity contribution in [1.29, 1.82) is 0 Å². The summed E-state index contributed by atoms with van der Waals surface area (Å²) in [7, 11) is 0. The number of hydrogen-bond acceptors (Lipinski definition) is 5. The maximum absolute atomic E-state index is 12.8. The quantitative estimate of drug-likeness (QED) is 0.476. The predicted octanol–water partition coefficient (Wildman–Crippen LogP) is 4.22. The molecular weight excluding hydrogens is 394 g/mol. The maximum Gasteiger partial charge on any atom is 0.336 e. The van der Waals surface area contributed by atoms with Crippen LogP contribution in [0.1, 0.15) is 46.5 Å². The Balaban J connectivity index is 1.79. The van der Waals surface area contributed by atoms with Crippen molar-refractivity contribution in [2.24, 2.45) is 5.92 Å². The van der Waals surface area contributed by atoms with Gasteiger partial charge in [-0.05, 0) is 49.9 Å². The lowest BCUT2D eigenvalue weighted by atomic mass is 10.0. The number of esters is 1. The number of amides is 1. The van der Waals surface area contributed by atoms with Gasteiger partial charge in [-0.25, -0.2) is 9.59 Å². The van der Waals surface area contributed by atoms with Crippen molar-refractivity contribution >= 4 is 22.8 Å². The summed E-state index contributed by atoms with van der Waals surface area (Å²) >= 11 is 0. The van der Waals surface area contributed by atoms with Gasteiger partial charge >= 0.3 is 11.6 Å². The van der Waals surface area contributed by atoms with Crippen LogP contribution in [0.15, 0.2) is 51.7 Å². The first-order chi connectivity index (χ1) is 14.7. The van der Waals surface area contributed by atoms with Crippen molar-refractivity contribution in [3.05, 3.63) is 80.7 Å². The normalized spacial score (nSPS) is 12.1. The molecular formula is C25H27NO5. The lowest BCUT2D eigenvalue weighted by molar-refractivity contribution is -0.148. The fourth-order valence-electron chi connectivity index (χ4n) is 3.39. The van der Waals surface area contributed by atoms with E-state index < -0.39 is 17.6 Å². The molecule has 3 rings (SSSR count). The zero-order valence-electron chi connectivity index (χ0n) is 18.4. The van der Waals surface area contributed by atoms with Gasteiger partial charge in [-0.2, -0.15) is 0 Å². The predicted molar refractivity (Wildman–Crippen MR) is 119 cm³/mol. The van der Waals surface area contributed by atoms with Gasteiger partial charge < -0.3 is 14.5 Å². The molecule has 0 saturated heterocycles. The zero-order chi connectivity index (χ0) is 22.7. The minimum Gasteiger partial charge on any atom is -0.459 e. The van der Waals surface area contributed by atoms with Gasteiger partial charge in [0, 0.05) is 22.6 Å². The average molecular weight is 421 g/mol. The third-order valence-corrected chi connectivity index (χ3v) is 5.37. The molecule has 1 heterocycles. The van der Waals surface area contributed by atoms with Crippen LogP contribution in [-0.4, -0.2) is 17.9 Å². The minimum atomic E-state index is -0.816. The Morgan fingerprint density at radius 3 is 2.48 bits per heavy atom. The lowest BCUT2D eigenvalue weighted by Gasteiger charge is -2.21. The van der Waals surface area contributed by atoms with Crippen molar-refractivity contribution in [1.82, 2.24) is 5.32 Å². The van der Waals surface area contributed by atoms with Gasteiger partial charge in [-0.1, -0.05) is 43.7 Å². The molecule has 0 aliphatic heterocycles. The van der Waals surface area contributed by atoms with E-state index >= 15 is 0 Å². The van der Waals surface area contributed by atoms with Crippen LogP contribution in [0.25, 0.3) is 11.0 Å². The largest absolute Gasteiger partial charge is 0.459 e. The summed E-state index contributed by atoms with van der Waals surface area (Å²) in [6.07, 6.45) is 0. The molecule has 6 nitrogen and oxygen atoms in total. The monoisotopic (exact) mass is 421 g/mol. The average Bonchev–Trinajstić information content (AvgIpc) is 2.72. The Morgan fingerprint density at radius 2 is 1.81 bits per heavy atom. The smallest absolute Gasteiger partial charge is 0.336 e. The van der Waals surface area contributed by atoms with Crippen LogP contribution in [0.2, 0.25) is 0 Å². The van der Waals surface area contributed by atoms with Crippen LogP contribution >= 0.6 is 0 Å². The number of carbonyl (C=O) groups is 2. The summed E-state index contributed by atoms with van der Waals surface area (Å²) in [5, 5.41) is 3.49.